The third-order valence-electron chi connectivity index (χ3n) is 2.58. The number of pyridine rings is 1. The van der Waals surface area contributed by atoms with Gasteiger partial charge in [0.25, 0.3) is 5.56 Å². The molecule has 2 rings (SSSR count). The van der Waals surface area contributed by atoms with Gasteiger partial charge in [-0.25, -0.2) is 0 Å². The van der Waals surface area contributed by atoms with E-state index in [2.05, 4.69) is 4.98 Å². The van der Waals surface area contributed by atoms with Gasteiger partial charge in [-0.05, 0) is 17.7 Å². The van der Waals surface area contributed by atoms with Crippen molar-refractivity contribution in [2.24, 2.45) is 0 Å². The molecule has 6 heteroatoms. The van der Waals surface area contributed by atoms with Gasteiger partial charge >= 0.3 is 6.18 Å². The van der Waals surface area contributed by atoms with Crippen LogP contribution in [0.25, 0.3) is 11.1 Å². The highest BCUT2D eigenvalue weighted by atomic mass is 19.4. The van der Waals surface area contributed by atoms with Crippen LogP contribution in [0.2, 0.25) is 0 Å². The highest BCUT2D eigenvalue weighted by molar-refractivity contribution is 5.78. The van der Waals surface area contributed by atoms with Crippen molar-refractivity contribution in [3.8, 4) is 11.1 Å². The van der Waals surface area contributed by atoms with Crippen molar-refractivity contribution in [3.63, 3.8) is 0 Å². The average molecular weight is 267 g/mol. The number of H-pyrrole nitrogens is 1. The van der Waals surface area contributed by atoms with Gasteiger partial charge in [-0.15, -0.1) is 0 Å². The minimum atomic E-state index is -4.57. The predicted octanol–water partition coefficient (Wildman–Crippen LogP) is 2.87. The summed E-state index contributed by atoms with van der Waals surface area (Å²) in [5, 5.41) is 0. The van der Waals surface area contributed by atoms with Crippen LogP contribution in [0.4, 0.5) is 13.2 Å². The van der Waals surface area contributed by atoms with E-state index in [1.807, 2.05) is 0 Å². The normalized spacial score (nSPS) is 11.3. The van der Waals surface area contributed by atoms with Crippen molar-refractivity contribution in [1.29, 1.82) is 0 Å². The summed E-state index contributed by atoms with van der Waals surface area (Å²) in [7, 11) is 0. The van der Waals surface area contributed by atoms with E-state index in [4.69, 9.17) is 0 Å². The van der Waals surface area contributed by atoms with Gasteiger partial charge in [0.2, 0.25) is 0 Å². The Morgan fingerprint density at radius 3 is 2.42 bits per heavy atom. The van der Waals surface area contributed by atoms with E-state index in [0.29, 0.717) is 6.29 Å². The van der Waals surface area contributed by atoms with Crippen molar-refractivity contribution >= 4 is 6.29 Å². The second kappa shape index (κ2) is 4.72. The topological polar surface area (TPSA) is 49.9 Å². The van der Waals surface area contributed by atoms with Crippen LogP contribution >= 0.6 is 0 Å². The van der Waals surface area contributed by atoms with Gasteiger partial charge in [-0.3, -0.25) is 9.59 Å². The van der Waals surface area contributed by atoms with E-state index in [1.54, 1.807) is 0 Å². The highest BCUT2D eigenvalue weighted by Crippen LogP contribution is 2.35. The van der Waals surface area contributed by atoms with Gasteiger partial charge in [-0.2, -0.15) is 13.2 Å². The lowest BCUT2D eigenvalue weighted by Gasteiger charge is -2.12. The van der Waals surface area contributed by atoms with Crippen molar-refractivity contribution < 1.29 is 18.0 Å². The molecule has 0 aliphatic heterocycles. The summed E-state index contributed by atoms with van der Waals surface area (Å²) in [6.07, 6.45) is -2.97. The first-order chi connectivity index (χ1) is 8.93. The fourth-order valence-corrected chi connectivity index (χ4v) is 1.73. The molecule has 0 saturated heterocycles. The summed E-state index contributed by atoms with van der Waals surface area (Å²) in [5.41, 5.74) is -1.92. The third-order valence-corrected chi connectivity index (χ3v) is 2.58. The monoisotopic (exact) mass is 267 g/mol. The number of benzene rings is 1. The van der Waals surface area contributed by atoms with Gasteiger partial charge < -0.3 is 4.98 Å². The Labute approximate surface area is 105 Å². The molecule has 98 valence electrons. The average Bonchev–Trinajstić information content (AvgIpc) is 2.38. The number of rotatable bonds is 2. The zero-order valence-corrected chi connectivity index (χ0v) is 9.49. The van der Waals surface area contributed by atoms with Crippen molar-refractivity contribution in [3.05, 3.63) is 58.0 Å². The Balaban J connectivity index is 2.72. The van der Waals surface area contributed by atoms with Crippen LogP contribution in [0.15, 0.2) is 41.3 Å². The number of halogens is 3. The van der Waals surface area contributed by atoms with Crippen molar-refractivity contribution in [2.45, 2.75) is 6.18 Å². The van der Waals surface area contributed by atoms with Gasteiger partial charge in [0.1, 0.15) is 0 Å². The molecular formula is C13H8F3NO2. The zero-order valence-electron chi connectivity index (χ0n) is 9.49. The van der Waals surface area contributed by atoms with Crippen molar-refractivity contribution in [1.82, 2.24) is 4.98 Å². The maximum atomic E-state index is 12.9. The van der Waals surface area contributed by atoms with Crippen LogP contribution < -0.4 is 5.56 Å². The van der Waals surface area contributed by atoms with Gasteiger partial charge in [0, 0.05) is 17.3 Å². The molecule has 1 N–H and O–H groups in total. The molecule has 1 aromatic carbocycles. The first-order valence-corrected chi connectivity index (χ1v) is 5.28. The predicted molar refractivity (Wildman–Crippen MR) is 62.9 cm³/mol. The van der Waals surface area contributed by atoms with E-state index in [-0.39, 0.29) is 16.7 Å². The first-order valence-electron chi connectivity index (χ1n) is 5.28. The van der Waals surface area contributed by atoms with Crippen LogP contribution in [0.1, 0.15) is 15.9 Å². The number of aromatic nitrogens is 1. The molecule has 1 heterocycles. The van der Waals surface area contributed by atoms with Crippen LogP contribution in [-0.2, 0) is 6.18 Å². The van der Waals surface area contributed by atoms with Gasteiger partial charge in [-0.1, -0.05) is 18.2 Å². The third kappa shape index (κ3) is 2.57. The summed E-state index contributed by atoms with van der Waals surface area (Å²) in [6.45, 7) is 0. The molecule has 0 radical (unpaired) electrons. The van der Waals surface area contributed by atoms with Crippen LogP contribution in [-0.4, -0.2) is 11.3 Å². The number of hydrogen-bond donors (Lipinski definition) is 1. The number of carbonyl (C=O) groups excluding carboxylic acids is 1. The maximum absolute atomic E-state index is 12.9. The van der Waals surface area contributed by atoms with Gasteiger partial charge in [0.05, 0.1) is 5.56 Å². The molecular weight excluding hydrogens is 259 g/mol. The molecule has 0 fully saturated rings. The fraction of sp³-hybridized carbons (Fsp3) is 0.0769. The molecule has 3 nitrogen and oxygen atoms in total. The molecule has 0 bridgehead atoms. The lowest BCUT2D eigenvalue weighted by molar-refractivity contribution is -0.137. The quantitative estimate of drug-likeness (QED) is 0.850. The Bertz CT molecular complexity index is 674. The van der Waals surface area contributed by atoms with Crippen LogP contribution in [0, 0.1) is 0 Å². The smallest absolute Gasteiger partial charge is 0.328 e. The number of aromatic amines is 1. The molecule has 0 amide bonds. The molecule has 0 saturated carbocycles. The fourth-order valence-electron chi connectivity index (χ4n) is 1.73. The van der Waals surface area contributed by atoms with E-state index < -0.39 is 17.3 Å². The highest BCUT2D eigenvalue weighted by Gasteiger charge is 2.33. The van der Waals surface area contributed by atoms with E-state index in [1.165, 1.54) is 18.2 Å². The number of hydrogen-bond acceptors (Lipinski definition) is 2. The lowest BCUT2D eigenvalue weighted by atomic mass is 9.99. The number of alkyl halides is 3. The lowest BCUT2D eigenvalue weighted by Crippen LogP contribution is -2.13. The second-order valence-electron chi connectivity index (χ2n) is 3.84. The SMILES string of the molecule is O=Cc1c[nH]c(=O)c(-c2ccccc2C(F)(F)F)c1. The zero-order chi connectivity index (χ0) is 14.0. The minimum Gasteiger partial charge on any atom is -0.328 e. The Morgan fingerprint density at radius 2 is 1.79 bits per heavy atom. The van der Waals surface area contributed by atoms with Crippen LogP contribution in [0.5, 0.6) is 0 Å². The largest absolute Gasteiger partial charge is 0.417 e. The van der Waals surface area contributed by atoms with E-state index >= 15 is 0 Å². The molecule has 2 aromatic rings. The van der Waals surface area contributed by atoms with E-state index in [0.717, 1.165) is 18.3 Å². The summed E-state index contributed by atoms with van der Waals surface area (Å²) in [5.74, 6) is 0. The molecule has 0 aliphatic rings. The Morgan fingerprint density at radius 1 is 1.11 bits per heavy atom. The van der Waals surface area contributed by atoms with E-state index in [9.17, 15) is 22.8 Å². The molecule has 0 atom stereocenters. The van der Waals surface area contributed by atoms with Crippen molar-refractivity contribution in [2.75, 3.05) is 0 Å². The standard InChI is InChI=1S/C13H8F3NO2/c14-13(15,16)11-4-2-1-3-9(11)10-5-8(7-18)6-17-12(10)19/h1-7H,(H,17,19). The Hall–Kier alpha value is -2.37. The number of nitrogens with one attached hydrogen (secondary N) is 1. The maximum Gasteiger partial charge on any atom is 0.417 e. The molecule has 0 unspecified atom stereocenters. The molecule has 19 heavy (non-hydrogen) atoms. The molecule has 1 aromatic heterocycles. The Kier molecular flexibility index (Phi) is 3.25. The molecule has 0 aliphatic carbocycles. The van der Waals surface area contributed by atoms with Gasteiger partial charge in [0.15, 0.2) is 6.29 Å². The second-order valence-corrected chi connectivity index (χ2v) is 3.84. The first kappa shape index (κ1) is 13.1. The minimum absolute atomic E-state index is 0.103. The number of carbonyl (C=O) groups is 1. The molecule has 0 spiro atoms. The van der Waals surface area contributed by atoms with Crippen LogP contribution in [0.3, 0.4) is 0 Å². The summed E-state index contributed by atoms with van der Waals surface area (Å²) < 4.78 is 38.6. The summed E-state index contributed by atoms with van der Waals surface area (Å²) in [6, 6.07) is 5.86. The summed E-state index contributed by atoms with van der Waals surface area (Å²) in [4.78, 5) is 24.5. The summed E-state index contributed by atoms with van der Waals surface area (Å²) >= 11 is 0. The number of aldehydes is 1.